The molecule has 1 aromatic rings. The average molecular weight is 378 g/mol. The number of nitrogens with zero attached hydrogens (tertiary/aromatic N) is 2. The first-order chi connectivity index (χ1) is 12.7. The first kappa shape index (κ1) is 20.6. The molecule has 144 valence electrons. The molecule has 1 aromatic heterocycles. The molecule has 2 amide bonds. The Balaban J connectivity index is 1.68. The number of hydrogen-bond acceptors (Lipinski definition) is 4. The largest absolute Gasteiger partial charge is 0.342 e. The zero-order valence-corrected chi connectivity index (χ0v) is 16.6. The van der Waals surface area contributed by atoms with Crippen LogP contribution in [0.15, 0.2) is 22.6 Å². The Morgan fingerprint density at radius 3 is 2.88 bits per heavy atom. The molecule has 1 N–H and O–H groups in total. The predicted molar refractivity (Wildman–Crippen MR) is 107 cm³/mol. The molecule has 0 aliphatic carbocycles. The number of piperidine rings is 1. The topological polar surface area (TPSA) is 61.8 Å². The van der Waals surface area contributed by atoms with Crippen molar-refractivity contribution >= 4 is 29.4 Å². The molecule has 1 unspecified atom stereocenters. The van der Waals surface area contributed by atoms with Crippen molar-refractivity contribution in [2.75, 3.05) is 13.1 Å². The minimum Gasteiger partial charge on any atom is -0.342 e. The number of carbonyl (C=O) groups excluding carboxylic acids is 2. The van der Waals surface area contributed by atoms with Crippen LogP contribution in [0.25, 0.3) is 0 Å². The van der Waals surface area contributed by atoms with E-state index in [1.54, 1.807) is 17.6 Å². The highest BCUT2D eigenvalue weighted by Crippen LogP contribution is 2.18. The summed E-state index contributed by atoms with van der Waals surface area (Å²) in [5.74, 6) is -0.0484. The molecule has 2 rings (SSSR count). The Bertz CT molecular complexity index is 572. The minimum atomic E-state index is -0.155. The van der Waals surface area contributed by atoms with Gasteiger partial charge in [-0.15, -0.1) is 11.3 Å². The second-order valence-electron chi connectivity index (χ2n) is 6.95. The molecule has 1 aliphatic heterocycles. The molecular formula is C20H31N3O2S. The molecule has 5 nitrogen and oxygen atoms in total. The molecule has 6 heteroatoms. The van der Waals surface area contributed by atoms with E-state index in [1.165, 1.54) is 25.7 Å². The highest BCUT2D eigenvalue weighted by atomic mass is 32.1. The summed E-state index contributed by atoms with van der Waals surface area (Å²) in [6, 6.07) is 3.89. The van der Waals surface area contributed by atoms with Gasteiger partial charge in [-0.1, -0.05) is 45.1 Å². The van der Waals surface area contributed by atoms with Gasteiger partial charge in [0.2, 0.25) is 11.8 Å². The number of carbonyl (C=O) groups is 2. The summed E-state index contributed by atoms with van der Waals surface area (Å²) < 4.78 is 0. The average Bonchev–Trinajstić information content (AvgIpc) is 3.18. The maximum atomic E-state index is 12.4. The third kappa shape index (κ3) is 7.28. The number of likely N-dealkylation sites (tertiary alicyclic amines) is 1. The third-order valence-electron chi connectivity index (χ3n) is 4.80. The lowest BCUT2D eigenvalue weighted by Gasteiger charge is -2.31. The Hall–Kier alpha value is -1.69. The van der Waals surface area contributed by atoms with Gasteiger partial charge >= 0.3 is 0 Å². The summed E-state index contributed by atoms with van der Waals surface area (Å²) >= 11 is 1.57. The van der Waals surface area contributed by atoms with Crippen molar-refractivity contribution in [1.29, 1.82) is 0 Å². The summed E-state index contributed by atoms with van der Waals surface area (Å²) in [4.78, 5) is 27.6. The first-order valence-electron chi connectivity index (χ1n) is 9.85. The van der Waals surface area contributed by atoms with Gasteiger partial charge in [0.15, 0.2) is 0 Å². The van der Waals surface area contributed by atoms with Gasteiger partial charge < -0.3 is 4.90 Å². The van der Waals surface area contributed by atoms with Gasteiger partial charge in [-0.3, -0.25) is 9.59 Å². The van der Waals surface area contributed by atoms with Crippen LogP contribution < -0.4 is 5.43 Å². The molecule has 0 bridgehead atoms. The number of rotatable bonds is 10. The van der Waals surface area contributed by atoms with Crippen molar-refractivity contribution in [3.05, 3.63) is 22.4 Å². The van der Waals surface area contributed by atoms with Gasteiger partial charge in [0.05, 0.1) is 12.1 Å². The van der Waals surface area contributed by atoms with Gasteiger partial charge in [0.1, 0.15) is 0 Å². The van der Waals surface area contributed by atoms with Crippen LogP contribution in [-0.4, -0.2) is 36.0 Å². The lowest BCUT2D eigenvalue weighted by atomic mass is 9.97. The third-order valence-corrected chi connectivity index (χ3v) is 5.61. The zero-order chi connectivity index (χ0) is 18.6. The Labute approximate surface area is 160 Å². The molecule has 1 atom stereocenters. The second-order valence-corrected chi connectivity index (χ2v) is 7.93. The van der Waals surface area contributed by atoms with Gasteiger partial charge in [-0.05, 0) is 30.7 Å². The minimum absolute atomic E-state index is 0.0881. The summed E-state index contributed by atoms with van der Waals surface area (Å²) in [6.45, 7) is 3.51. The maximum Gasteiger partial charge on any atom is 0.244 e. The summed E-state index contributed by atoms with van der Waals surface area (Å²) in [5, 5.41) is 6.00. The molecule has 2 heterocycles. The maximum absolute atomic E-state index is 12.4. The molecular weight excluding hydrogens is 346 g/mol. The van der Waals surface area contributed by atoms with Gasteiger partial charge in [-0.2, -0.15) is 5.10 Å². The van der Waals surface area contributed by atoms with Crippen LogP contribution in [0.4, 0.5) is 0 Å². The van der Waals surface area contributed by atoms with Gasteiger partial charge in [0.25, 0.3) is 0 Å². The first-order valence-corrected chi connectivity index (χ1v) is 10.7. The summed E-state index contributed by atoms with van der Waals surface area (Å²) in [6.07, 6.45) is 11.1. The molecule has 0 aromatic carbocycles. The van der Waals surface area contributed by atoms with E-state index in [1.807, 2.05) is 22.4 Å². The molecule has 0 radical (unpaired) electrons. The highest BCUT2D eigenvalue weighted by Gasteiger charge is 2.27. The molecule has 1 fully saturated rings. The quantitative estimate of drug-likeness (QED) is 0.377. The van der Waals surface area contributed by atoms with Crippen LogP contribution in [0, 0.1) is 5.92 Å². The van der Waals surface area contributed by atoms with Crippen molar-refractivity contribution < 1.29 is 9.59 Å². The molecule has 0 saturated carbocycles. The van der Waals surface area contributed by atoms with E-state index in [4.69, 9.17) is 0 Å². The fraction of sp³-hybridized carbons (Fsp3) is 0.650. The van der Waals surface area contributed by atoms with Crippen LogP contribution in [0.1, 0.15) is 69.6 Å². The highest BCUT2D eigenvalue weighted by molar-refractivity contribution is 7.11. The van der Waals surface area contributed by atoms with Crippen LogP contribution in [0.5, 0.6) is 0 Å². The summed E-state index contributed by atoms with van der Waals surface area (Å²) in [5.41, 5.74) is 2.62. The van der Waals surface area contributed by atoms with E-state index in [0.29, 0.717) is 13.0 Å². The number of hydrazone groups is 1. The van der Waals surface area contributed by atoms with Crippen LogP contribution in [0.2, 0.25) is 0 Å². The number of nitrogens with one attached hydrogen (secondary N) is 1. The van der Waals surface area contributed by atoms with Crippen molar-refractivity contribution in [3.63, 3.8) is 0 Å². The number of amides is 2. The predicted octanol–water partition coefficient (Wildman–Crippen LogP) is 4.19. The standard InChI is InChI=1S/C20H31N3O2S/c1-2-3-4-5-6-7-12-19(24)23-13-8-10-17(16-23)20(25)22-21-15-18-11-9-14-26-18/h9,11,14-15,17H,2-8,10,12-13,16H2,1H3,(H,22,25). The van der Waals surface area contributed by atoms with Crippen LogP contribution in [0.3, 0.4) is 0 Å². The number of hydrogen-bond donors (Lipinski definition) is 1. The van der Waals surface area contributed by atoms with Crippen molar-refractivity contribution in [2.45, 2.75) is 64.7 Å². The molecule has 1 aliphatic rings. The van der Waals surface area contributed by atoms with Gasteiger partial charge in [0, 0.05) is 24.4 Å². The number of unbranched alkanes of at least 4 members (excludes halogenated alkanes) is 5. The van der Waals surface area contributed by atoms with E-state index in [2.05, 4.69) is 17.5 Å². The van der Waals surface area contributed by atoms with E-state index in [-0.39, 0.29) is 17.7 Å². The molecule has 0 spiro atoms. The zero-order valence-electron chi connectivity index (χ0n) is 15.8. The van der Waals surface area contributed by atoms with E-state index in [9.17, 15) is 9.59 Å². The van der Waals surface area contributed by atoms with E-state index in [0.717, 1.165) is 37.1 Å². The SMILES string of the molecule is CCCCCCCCC(=O)N1CCCC(C(=O)NN=Cc2cccs2)C1. The smallest absolute Gasteiger partial charge is 0.244 e. The fourth-order valence-electron chi connectivity index (χ4n) is 3.25. The number of thiophene rings is 1. The second kappa shape index (κ2) is 11.8. The lowest BCUT2D eigenvalue weighted by molar-refractivity contribution is -0.135. The summed E-state index contributed by atoms with van der Waals surface area (Å²) in [7, 11) is 0. The van der Waals surface area contributed by atoms with Crippen LogP contribution >= 0.6 is 11.3 Å². The van der Waals surface area contributed by atoms with Crippen molar-refractivity contribution in [2.24, 2.45) is 11.0 Å². The van der Waals surface area contributed by atoms with Gasteiger partial charge in [-0.25, -0.2) is 5.43 Å². The molecule has 26 heavy (non-hydrogen) atoms. The molecule has 1 saturated heterocycles. The Morgan fingerprint density at radius 1 is 1.31 bits per heavy atom. The lowest BCUT2D eigenvalue weighted by Crippen LogP contribution is -2.44. The normalized spacial score (nSPS) is 17.6. The van der Waals surface area contributed by atoms with E-state index >= 15 is 0 Å². The Kier molecular flexibility index (Phi) is 9.39. The Morgan fingerprint density at radius 2 is 2.12 bits per heavy atom. The van der Waals surface area contributed by atoms with Crippen molar-refractivity contribution in [1.82, 2.24) is 10.3 Å². The van der Waals surface area contributed by atoms with E-state index < -0.39 is 0 Å². The monoisotopic (exact) mass is 377 g/mol. The van der Waals surface area contributed by atoms with Crippen molar-refractivity contribution in [3.8, 4) is 0 Å². The van der Waals surface area contributed by atoms with Crippen LogP contribution in [-0.2, 0) is 9.59 Å². The fourth-order valence-corrected chi connectivity index (χ4v) is 3.83.